The van der Waals surface area contributed by atoms with Gasteiger partial charge in [0.25, 0.3) is 0 Å². The van der Waals surface area contributed by atoms with Gasteiger partial charge in [-0.1, -0.05) is 13.8 Å². The van der Waals surface area contributed by atoms with Gasteiger partial charge >= 0.3 is 0 Å². The van der Waals surface area contributed by atoms with Crippen molar-refractivity contribution in [2.75, 3.05) is 26.2 Å². The summed E-state index contributed by atoms with van der Waals surface area (Å²) in [7, 11) is 0. The Labute approximate surface area is 92.2 Å². The molecule has 0 radical (unpaired) electrons. The predicted molar refractivity (Wildman–Crippen MR) is 60.5 cm³/mol. The van der Waals surface area contributed by atoms with Crippen LogP contribution < -0.4 is 5.32 Å². The van der Waals surface area contributed by atoms with Gasteiger partial charge in [0, 0.05) is 19.6 Å². The predicted octanol–water partition coefficient (Wildman–Crippen LogP) is 1.10. The van der Waals surface area contributed by atoms with E-state index in [1.165, 1.54) is 6.42 Å². The Morgan fingerprint density at radius 1 is 1.27 bits per heavy atom. The average molecular weight is 210 g/mol. The number of carbonyl (C=O) groups is 1. The number of hydrogen-bond donors (Lipinski definition) is 1. The zero-order valence-corrected chi connectivity index (χ0v) is 9.83. The molecule has 0 aliphatic carbocycles. The monoisotopic (exact) mass is 210 g/mol. The van der Waals surface area contributed by atoms with Crippen molar-refractivity contribution < 1.29 is 4.79 Å². The third-order valence-electron chi connectivity index (χ3n) is 4.06. The Bertz CT molecular complexity index is 236. The largest absolute Gasteiger partial charge is 0.342 e. The van der Waals surface area contributed by atoms with Crippen molar-refractivity contribution in [3.63, 3.8) is 0 Å². The van der Waals surface area contributed by atoms with Crippen LogP contribution in [0.15, 0.2) is 0 Å². The molecule has 0 aromatic rings. The number of piperidine rings is 1. The third kappa shape index (κ3) is 2.33. The van der Waals surface area contributed by atoms with E-state index in [0.717, 1.165) is 38.5 Å². The molecule has 3 unspecified atom stereocenters. The van der Waals surface area contributed by atoms with Crippen molar-refractivity contribution in [2.24, 2.45) is 17.8 Å². The minimum Gasteiger partial charge on any atom is -0.342 e. The Hall–Kier alpha value is -0.570. The first-order valence-electron chi connectivity index (χ1n) is 6.18. The van der Waals surface area contributed by atoms with Gasteiger partial charge in [-0.05, 0) is 31.2 Å². The molecule has 2 fully saturated rings. The Kier molecular flexibility index (Phi) is 3.29. The van der Waals surface area contributed by atoms with Crippen molar-refractivity contribution in [3.8, 4) is 0 Å². The van der Waals surface area contributed by atoms with Gasteiger partial charge in [-0.3, -0.25) is 4.79 Å². The van der Waals surface area contributed by atoms with Gasteiger partial charge < -0.3 is 10.2 Å². The van der Waals surface area contributed by atoms with Crippen molar-refractivity contribution in [1.29, 1.82) is 0 Å². The zero-order valence-electron chi connectivity index (χ0n) is 9.83. The number of rotatable bonds is 1. The second-order valence-corrected chi connectivity index (χ2v) is 5.22. The minimum absolute atomic E-state index is 0.255. The lowest BCUT2D eigenvalue weighted by Crippen LogP contribution is -2.45. The van der Waals surface area contributed by atoms with Gasteiger partial charge in [0.05, 0.1) is 5.92 Å². The lowest BCUT2D eigenvalue weighted by molar-refractivity contribution is -0.137. The smallest absolute Gasteiger partial charge is 0.227 e. The SMILES string of the molecule is CC1CCN(C(=O)C2CCNC2)CC1C. The molecular formula is C12H22N2O. The molecule has 2 aliphatic heterocycles. The van der Waals surface area contributed by atoms with E-state index in [9.17, 15) is 4.79 Å². The van der Waals surface area contributed by atoms with E-state index in [4.69, 9.17) is 0 Å². The van der Waals surface area contributed by atoms with E-state index in [1.54, 1.807) is 0 Å². The van der Waals surface area contributed by atoms with Crippen LogP contribution in [0, 0.1) is 17.8 Å². The molecule has 86 valence electrons. The maximum absolute atomic E-state index is 12.1. The molecule has 0 bridgehead atoms. The normalized spacial score (nSPS) is 36.9. The number of nitrogens with zero attached hydrogens (tertiary/aromatic N) is 1. The molecule has 15 heavy (non-hydrogen) atoms. The standard InChI is InChI=1S/C12H22N2O/c1-9-4-6-14(8-10(9)2)12(15)11-3-5-13-7-11/h9-11,13H,3-8H2,1-2H3. The molecule has 2 heterocycles. The molecule has 2 rings (SSSR count). The lowest BCUT2D eigenvalue weighted by Gasteiger charge is -2.36. The fourth-order valence-electron chi connectivity index (χ4n) is 2.59. The molecule has 3 nitrogen and oxygen atoms in total. The molecule has 1 amide bonds. The van der Waals surface area contributed by atoms with Crippen LogP contribution in [0.4, 0.5) is 0 Å². The van der Waals surface area contributed by atoms with Crippen molar-refractivity contribution in [1.82, 2.24) is 10.2 Å². The molecule has 2 aliphatic rings. The highest BCUT2D eigenvalue weighted by atomic mass is 16.2. The summed E-state index contributed by atoms with van der Waals surface area (Å²) in [5, 5.41) is 3.26. The van der Waals surface area contributed by atoms with Crippen LogP contribution in [-0.2, 0) is 4.79 Å². The van der Waals surface area contributed by atoms with Crippen LogP contribution in [0.2, 0.25) is 0 Å². The molecule has 1 N–H and O–H groups in total. The second kappa shape index (κ2) is 4.52. The van der Waals surface area contributed by atoms with E-state index < -0.39 is 0 Å². The van der Waals surface area contributed by atoms with Gasteiger partial charge in [-0.2, -0.15) is 0 Å². The van der Waals surface area contributed by atoms with E-state index in [1.807, 2.05) is 0 Å². The van der Waals surface area contributed by atoms with E-state index in [-0.39, 0.29) is 5.92 Å². The average Bonchev–Trinajstić information content (AvgIpc) is 2.74. The van der Waals surface area contributed by atoms with E-state index in [2.05, 4.69) is 24.1 Å². The number of nitrogens with one attached hydrogen (secondary N) is 1. The second-order valence-electron chi connectivity index (χ2n) is 5.22. The molecule has 3 heteroatoms. The summed E-state index contributed by atoms with van der Waals surface area (Å²) < 4.78 is 0. The van der Waals surface area contributed by atoms with Gasteiger partial charge in [0.15, 0.2) is 0 Å². The first kappa shape index (κ1) is 10.9. The fraction of sp³-hybridized carbons (Fsp3) is 0.917. The third-order valence-corrected chi connectivity index (χ3v) is 4.06. The van der Waals surface area contributed by atoms with Crippen LogP contribution in [0.3, 0.4) is 0 Å². The molecule has 0 aromatic heterocycles. The van der Waals surface area contributed by atoms with Gasteiger partial charge in [-0.15, -0.1) is 0 Å². The summed E-state index contributed by atoms with van der Waals surface area (Å²) >= 11 is 0. The maximum atomic E-state index is 12.1. The van der Waals surface area contributed by atoms with Gasteiger partial charge in [-0.25, -0.2) is 0 Å². The number of amides is 1. The molecule has 0 spiro atoms. The van der Waals surface area contributed by atoms with Crippen LogP contribution in [0.5, 0.6) is 0 Å². The summed E-state index contributed by atoms with van der Waals surface area (Å²) in [5.74, 6) is 2.08. The first-order valence-corrected chi connectivity index (χ1v) is 6.18. The van der Waals surface area contributed by atoms with Crippen molar-refractivity contribution in [2.45, 2.75) is 26.7 Å². The van der Waals surface area contributed by atoms with Crippen molar-refractivity contribution in [3.05, 3.63) is 0 Å². The number of carbonyl (C=O) groups excluding carboxylic acids is 1. The summed E-state index contributed by atoms with van der Waals surface area (Å²) in [6.45, 7) is 8.40. The number of likely N-dealkylation sites (tertiary alicyclic amines) is 1. The first-order chi connectivity index (χ1) is 7.18. The molecular weight excluding hydrogens is 188 g/mol. The van der Waals surface area contributed by atoms with Crippen LogP contribution in [-0.4, -0.2) is 37.0 Å². The Morgan fingerprint density at radius 2 is 2.07 bits per heavy atom. The number of hydrogen-bond acceptors (Lipinski definition) is 2. The van der Waals surface area contributed by atoms with Crippen LogP contribution in [0.25, 0.3) is 0 Å². The molecule has 0 aromatic carbocycles. The summed E-state index contributed by atoms with van der Waals surface area (Å²) in [5.41, 5.74) is 0. The van der Waals surface area contributed by atoms with E-state index in [0.29, 0.717) is 11.8 Å². The fourth-order valence-corrected chi connectivity index (χ4v) is 2.59. The van der Waals surface area contributed by atoms with Gasteiger partial charge in [0.1, 0.15) is 0 Å². The van der Waals surface area contributed by atoms with Crippen LogP contribution >= 0.6 is 0 Å². The Balaban J connectivity index is 1.90. The summed E-state index contributed by atoms with van der Waals surface area (Å²) in [4.78, 5) is 14.2. The summed E-state index contributed by atoms with van der Waals surface area (Å²) in [6.07, 6.45) is 2.20. The highest BCUT2D eigenvalue weighted by Crippen LogP contribution is 2.24. The Morgan fingerprint density at radius 3 is 2.67 bits per heavy atom. The van der Waals surface area contributed by atoms with Crippen LogP contribution in [0.1, 0.15) is 26.7 Å². The summed E-state index contributed by atoms with van der Waals surface area (Å²) in [6, 6.07) is 0. The van der Waals surface area contributed by atoms with E-state index >= 15 is 0 Å². The zero-order chi connectivity index (χ0) is 10.8. The highest BCUT2D eigenvalue weighted by Gasteiger charge is 2.31. The highest BCUT2D eigenvalue weighted by molar-refractivity contribution is 5.79. The van der Waals surface area contributed by atoms with Gasteiger partial charge in [0.2, 0.25) is 5.91 Å². The minimum atomic E-state index is 0.255. The van der Waals surface area contributed by atoms with Crippen molar-refractivity contribution >= 4 is 5.91 Å². The maximum Gasteiger partial charge on any atom is 0.227 e. The molecule has 2 saturated heterocycles. The quantitative estimate of drug-likeness (QED) is 0.703. The molecule has 0 saturated carbocycles. The molecule has 3 atom stereocenters. The topological polar surface area (TPSA) is 32.3 Å². The lowest BCUT2D eigenvalue weighted by atomic mass is 9.88.